The van der Waals surface area contributed by atoms with Crippen molar-refractivity contribution >= 4 is 40.5 Å². The van der Waals surface area contributed by atoms with Crippen molar-refractivity contribution in [3.63, 3.8) is 0 Å². The van der Waals surface area contributed by atoms with Gasteiger partial charge in [0.05, 0.1) is 17.1 Å². The second-order valence-corrected chi connectivity index (χ2v) is 9.57. The fourth-order valence-electron chi connectivity index (χ4n) is 4.25. The summed E-state index contributed by atoms with van der Waals surface area (Å²) in [5.74, 6) is 5.62. The first-order chi connectivity index (χ1) is 17.8. The van der Waals surface area contributed by atoms with Gasteiger partial charge in [-0.3, -0.25) is 0 Å². The maximum absolute atomic E-state index is 14.2. The Balaban J connectivity index is 0.00000235. The molecule has 1 aliphatic carbocycles. The second-order valence-electron chi connectivity index (χ2n) is 9.13. The van der Waals surface area contributed by atoms with E-state index in [1.807, 2.05) is 26.0 Å². The lowest BCUT2D eigenvalue weighted by molar-refractivity contribution is 0.262. The summed E-state index contributed by atoms with van der Waals surface area (Å²) in [5.41, 5.74) is 7.10. The molecule has 0 aromatic heterocycles. The molecule has 0 aliphatic heterocycles. The van der Waals surface area contributed by atoms with Crippen molar-refractivity contribution in [1.82, 2.24) is 0 Å². The number of rotatable bonds is 9. The minimum Gasteiger partial charge on any atom is -0.486 e. The van der Waals surface area contributed by atoms with E-state index >= 15 is 0 Å². The Labute approximate surface area is 224 Å². The Bertz CT molecular complexity index is 1040. The van der Waals surface area contributed by atoms with E-state index in [1.165, 1.54) is 31.4 Å². The van der Waals surface area contributed by atoms with Crippen molar-refractivity contribution in [1.29, 1.82) is 0 Å². The molecule has 0 spiro atoms. The summed E-state index contributed by atoms with van der Waals surface area (Å²) in [5, 5.41) is 9.09. The highest BCUT2D eigenvalue weighted by Gasteiger charge is 2.25. The molecular weight excluding hydrogens is 495 g/mol. The van der Waals surface area contributed by atoms with Crippen LogP contribution in [0.25, 0.3) is 0 Å². The molecule has 0 radical (unpaired) electrons. The molecule has 2 amide bonds. The number of hydrazone groups is 1. The van der Waals surface area contributed by atoms with Crippen molar-refractivity contribution in [3.05, 3.63) is 47.2 Å². The molecule has 0 saturated heterocycles. The normalized spacial score (nSPS) is 14.0. The smallest absolute Gasteiger partial charge is 0.323 e. The van der Waals surface area contributed by atoms with Gasteiger partial charge in [0.2, 0.25) is 0 Å². The summed E-state index contributed by atoms with van der Waals surface area (Å²) in [6, 6.07) is 9.35. The number of carbonyl (C=O) groups excluding carboxylic acids is 1. The fourth-order valence-corrected chi connectivity index (χ4v) is 4.41. The van der Waals surface area contributed by atoms with Gasteiger partial charge in [0.25, 0.3) is 0 Å². The van der Waals surface area contributed by atoms with E-state index in [0.717, 1.165) is 31.1 Å². The van der Waals surface area contributed by atoms with Gasteiger partial charge in [0.1, 0.15) is 18.2 Å². The Morgan fingerprint density at radius 3 is 2.43 bits per heavy atom. The van der Waals surface area contributed by atoms with Gasteiger partial charge < -0.3 is 31.8 Å². The molecule has 1 saturated carbocycles. The summed E-state index contributed by atoms with van der Waals surface area (Å²) in [6.45, 7) is 9.19. The van der Waals surface area contributed by atoms with Crippen LogP contribution in [-0.2, 0) is 0 Å². The molecule has 8 nitrogen and oxygen atoms in total. The second kappa shape index (κ2) is 15.1. The van der Waals surface area contributed by atoms with Crippen LogP contribution in [0.15, 0.2) is 41.5 Å². The summed E-state index contributed by atoms with van der Waals surface area (Å²) >= 11 is 5.82. The number of nitrogens with two attached hydrogens (primary N) is 2. The monoisotopic (exact) mass is 534 g/mol. The quantitative estimate of drug-likeness (QED) is 0.126. The van der Waals surface area contributed by atoms with Crippen LogP contribution in [0.2, 0.25) is 5.02 Å². The topological polar surface area (TPSA) is 118 Å². The van der Waals surface area contributed by atoms with Crippen molar-refractivity contribution in [2.75, 3.05) is 28.7 Å². The number of halogens is 2. The first-order valence-electron chi connectivity index (χ1n) is 12.9. The van der Waals surface area contributed by atoms with Crippen LogP contribution in [0.3, 0.4) is 0 Å². The molecule has 6 N–H and O–H groups in total. The molecule has 37 heavy (non-hydrogen) atoms. The van der Waals surface area contributed by atoms with E-state index in [4.69, 9.17) is 27.9 Å². The predicted octanol–water partition coefficient (Wildman–Crippen LogP) is 6.55. The zero-order valence-electron chi connectivity index (χ0n) is 22.2. The van der Waals surface area contributed by atoms with Gasteiger partial charge in [-0.15, -0.1) is 0 Å². The number of hydrogen-bond donors (Lipinski definition) is 4. The number of urea groups is 1. The summed E-state index contributed by atoms with van der Waals surface area (Å²) < 4.78 is 19.9. The average molecular weight is 535 g/mol. The minimum atomic E-state index is -0.620. The molecular formula is C27H40ClFN6O2. The lowest BCUT2D eigenvalue weighted by Gasteiger charge is -2.38. The molecule has 0 unspecified atom stereocenters. The molecule has 0 heterocycles. The Kier molecular flexibility index (Phi) is 12.3. The molecule has 0 bridgehead atoms. The molecule has 3 rings (SSSR count). The van der Waals surface area contributed by atoms with Crippen molar-refractivity contribution < 1.29 is 13.9 Å². The fraction of sp³-hybridized carbons (Fsp3) is 0.481. The van der Waals surface area contributed by atoms with Gasteiger partial charge in [-0.2, -0.15) is 5.10 Å². The van der Waals surface area contributed by atoms with Gasteiger partial charge >= 0.3 is 6.03 Å². The first-order valence-corrected chi connectivity index (χ1v) is 13.2. The number of nitrogens with zero attached hydrogens (tertiary/aromatic N) is 2. The average Bonchev–Trinajstić information content (AvgIpc) is 2.89. The molecule has 204 valence electrons. The third-order valence-electron chi connectivity index (χ3n) is 5.83. The molecule has 10 heteroatoms. The van der Waals surface area contributed by atoms with E-state index in [2.05, 4.69) is 34.5 Å². The van der Waals surface area contributed by atoms with Crippen LogP contribution in [-0.4, -0.2) is 31.1 Å². The highest BCUT2D eigenvalue weighted by atomic mass is 35.5. The zero-order valence-corrected chi connectivity index (χ0v) is 22.9. The predicted molar refractivity (Wildman–Crippen MR) is 152 cm³/mol. The van der Waals surface area contributed by atoms with E-state index in [1.54, 1.807) is 6.07 Å². The maximum atomic E-state index is 14.2. The molecule has 0 atom stereocenters. The van der Waals surface area contributed by atoms with Gasteiger partial charge in [0.15, 0.2) is 5.84 Å². The number of hydrogen-bond acceptors (Lipinski definition) is 5. The van der Waals surface area contributed by atoms with Crippen LogP contribution in [0, 0.1) is 11.7 Å². The van der Waals surface area contributed by atoms with Crippen molar-refractivity contribution in [2.24, 2.45) is 22.6 Å². The van der Waals surface area contributed by atoms with E-state index < -0.39 is 11.8 Å². The number of amides is 2. The van der Waals surface area contributed by atoms with Crippen LogP contribution < -0.4 is 31.8 Å². The largest absolute Gasteiger partial charge is 0.486 e. The number of carbonyl (C=O) groups is 1. The SMILES string of the molecule is CC.CC(C)CN(c1ccc(OC/C(N)=N/N)cc1NC(=O)Nc1ccc(Cl)cc1F)C1CCCCC1. The molecule has 1 fully saturated rings. The third kappa shape index (κ3) is 9.31. The van der Waals surface area contributed by atoms with Crippen molar-refractivity contribution in [3.8, 4) is 5.75 Å². The van der Waals surface area contributed by atoms with Gasteiger partial charge in [0, 0.05) is 23.7 Å². The lowest BCUT2D eigenvalue weighted by Crippen LogP contribution is -2.40. The zero-order chi connectivity index (χ0) is 27.4. The molecule has 1 aliphatic rings. The number of amidine groups is 1. The summed E-state index contributed by atoms with van der Waals surface area (Å²) in [7, 11) is 0. The first kappa shape index (κ1) is 30.0. The van der Waals surface area contributed by atoms with Gasteiger partial charge in [-0.05, 0) is 49.1 Å². The highest BCUT2D eigenvalue weighted by molar-refractivity contribution is 6.30. The molecule has 2 aromatic carbocycles. The van der Waals surface area contributed by atoms with Gasteiger partial charge in [-0.25, -0.2) is 9.18 Å². The number of nitrogens with one attached hydrogen (secondary N) is 2. The summed E-state index contributed by atoms with van der Waals surface area (Å²) in [6.07, 6.45) is 5.78. The Hall–Kier alpha value is -3.20. The van der Waals surface area contributed by atoms with Gasteiger partial charge in [-0.1, -0.05) is 58.6 Å². The third-order valence-corrected chi connectivity index (χ3v) is 6.07. The lowest BCUT2D eigenvalue weighted by atomic mass is 9.93. The van der Waals surface area contributed by atoms with E-state index in [9.17, 15) is 9.18 Å². The maximum Gasteiger partial charge on any atom is 0.323 e. The number of anilines is 3. The van der Waals surface area contributed by atoms with E-state index in [0.29, 0.717) is 23.4 Å². The number of ether oxygens (including phenoxy) is 1. The van der Waals surface area contributed by atoms with Crippen LogP contribution in [0.4, 0.5) is 26.2 Å². The Morgan fingerprint density at radius 2 is 1.81 bits per heavy atom. The summed E-state index contributed by atoms with van der Waals surface area (Å²) in [4.78, 5) is 15.2. The highest BCUT2D eigenvalue weighted by Crippen LogP contribution is 2.36. The Morgan fingerprint density at radius 1 is 1.14 bits per heavy atom. The minimum absolute atomic E-state index is 0.00972. The van der Waals surface area contributed by atoms with Crippen LogP contribution >= 0.6 is 11.6 Å². The van der Waals surface area contributed by atoms with E-state index in [-0.39, 0.29) is 23.2 Å². The number of benzene rings is 2. The standard InChI is InChI=1S/C25H34ClFN6O2.C2H6/c1-16(2)14-33(18-6-4-3-5-7-18)23-11-9-19(35-15-24(28)32-29)13-22(23)31-25(34)30-21-10-8-17(26)12-20(21)27;1-2/h8-13,16,18H,3-7,14-15,29H2,1-2H3,(H2,28,32)(H2,30,31,34);1-2H3. The van der Waals surface area contributed by atoms with Crippen LogP contribution in [0.5, 0.6) is 5.75 Å². The molecule has 2 aromatic rings. The van der Waals surface area contributed by atoms with Crippen LogP contribution in [0.1, 0.15) is 59.8 Å². The van der Waals surface area contributed by atoms with Crippen molar-refractivity contribution in [2.45, 2.75) is 65.8 Å².